The van der Waals surface area contributed by atoms with Gasteiger partial charge < -0.3 is 5.32 Å². The minimum Gasteiger partial charge on any atom is -0.317 e. The largest absolute Gasteiger partial charge is 0.317 e. The first kappa shape index (κ1) is 16.7. The number of carbonyl (C=O) groups is 1. The van der Waals surface area contributed by atoms with Crippen molar-refractivity contribution in [2.24, 2.45) is 0 Å². The molecule has 0 bridgehead atoms. The predicted molar refractivity (Wildman–Crippen MR) is 99.7 cm³/mol. The number of fused-ring (bicyclic) bond motifs is 1. The molecular weight excluding hydrogens is 340 g/mol. The number of carbonyl (C=O) groups excluding carboxylic acids is 1. The Bertz CT molecular complexity index is 999. The number of hydrogen-bond donors (Lipinski definition) is 1. The summed E-state index contributed by atoms with van der Waals surface area (Å²) in [6.45, 7) is 0. The normalized spacial score (nSPS) is 10.9. The second-order valence-corrected chi connectivity index (χ2v) is 5.78. The molecule has 0 saturated heterocycles. The lowest BCUT2D eigenvalue weighted by molar-refractivity contribution is -0.383. The Labute approximate surface area is 148 Å². The molecule has 0 aliphatic heterocycles. The van der Waals surface area contributed by atoms with Crippen molar-refractivity contribution in [1.82, 2.24) is 0 Å². The van der Waals surface area contributed by atoms with Gasteiger partial charge in [0, 0.05) is 17.2 Å². The fourth-order valence-corrected chi connectivity index (χ4v) is 2.60. The Morgan fingerprint density at radius 1 is 1.04 bits per heavy atom. The predicted octanol–water partition coefficient (Wildman–Crippen LogP) is 5.05. The SMILES string of the molecule is O=C(/C=C/c1ccc2ccccc2c1)Nc1cc(Cl)ccc1[N+](=O)[O-]. The van der Waals surface area contributed by atoms with Crippen LogP contribution in [-0.2, 0) is 4.79 Å². The molecule has 1 N–H and O–H groups in total. The topological polar surface area (TPSA) is 72.2 Å². The van der Waals surface area contributed by atoms with Crippen LogP contribution < -0.4 is 5.32 Å². The number of hydrogen-bond acceptors (Lipinski definition) is 3. The van der Waals surface area contributed by atoms with Crippen LogP contribution in [0, 0.1) is 10.1 Å². The van der Waals surface area contributed by atoms with E-state index in [-0.39, 0.29) is 11.4 Å². The van der Waals surface area contributed by atoms with Crippen LogP contribution in [-0.4, -0.2) is 10.8 Å². The summed E-state index contributed by atoms with van der Waals surface area (Å²) in [6.07, 6.45) is 2.98. The molecule has 5 nitrogen and oxygen atoms in total. The van der Waals surface area contributed by atoms with Gasteiger partial charge in [0.25, 0.3) is 5.69 Å². The summed E-state index contributed by atoms with van der Waals surface area (Å²) in [5.74, 6) is -0.474. The summed E-state index contributed by atoms with van der Waals surface area (Å²) in [4.78, 5) is 22.5. The smallest absolute Gasteiger partial charge is 0.292 e. The fourth-order valence-electron chi connectivity index (χ4n) is 2.43. The third-order valence-electron chi connectivity index (χ3n) is 3.61. The van der Waals surface area contributed by atoms with Gasteiger partial charge in [-0.3, -0.25) is 14.9 Å². The average Bonchev–Trinajstić information content (AvgIpc) is 2.59. The zero-order valence-electron chi connectivity index (χ0n) is 13.0. The molecule has 0 spiro atoms. The zero-order chi connectivity index (χ0) is 17.8. The van der Waals surface area contributed by atoms with E-state index < -0.39 is 10.8 Å². The zero-order valence-corrected chi connectivity index (χ0v) is 13.7. The van der Waals surface area contributed by atoms with E-state index in [9.17, 15) is 14.9 Å². The molecular formula is C19H13ClN2O3. The fraction of sp³-hybridized carbons (Fsp3) is 0. The minimum atomic E-state index is -0.570. The van der Waals surface area contributed by atoms with E-state index in [1.807, 2.05) is 42.5 Å². The Morgan fingerprint density at radius 3 is 2.56 bits per heavy atom. The number of amides is 1. The summed E-state index contributed by atoms with van der Waals surface area (Å²) in [5.41, 5.74) is 0.706. The van der Waals surface area contributed by atoms with Crippen LogP contribution >= 0.6 is 11.6 Å². The lowest BCUT2D eigenvalue weighted by Crippen LogP contribution is -2.09. The van der Waals surface area contributed by atoms with Gasteiger partial charge in [0.15, 0.2) is 0 Å². The van der Waals surface area contributed by atoms with Crippen LogP contribution in [0.3, 0.4) is 0 Å². The number of nitro benzene ring substituents is 1. The van der Waals surface area contributed by atoms with Gasteiger partial charge in [0.1, 0.15) is 5.69 Å². The van der Waals surface area contributed by atoms with Crippen LogP contribution in [0.15, 0.2) is 66.7 Å². The maximum absolute atomic E-state index is 12.1. The van der Waals surface area contributed by atoms with Gasteiger partial charge >= 0.3 is 0 Å². The van der Waals surface area contributed by atoms with E-state index in [0.717, 1.165) is 16.3 Å². The molecule has 0 aliphatic rings. The van der Waals surface area contributed by atoms with Crippen LogP contribution in [0.1, 0.15) is 5.56 Å². The van der Waals surface area contributed by atoms with Gasteiger partial charge in [0.05, 0.1) is 4.92 Å². The first-order valence-electron chi connectivity index (χ1n) is 7.45. The minimum absolute atomic E-state index is 0.0608. The van der Waals surface area contributed by atoms with E-state index >= 15 is 0 Å². The lowest BCUT2D eigenvalue weighted by Gasteiger charge is -2.04. The van der Waals surface area contributed by atoms with E-state index in [1.165, 1.54) is 24.3 Å². The first-order chi connectivity index (χ1) is 12.0. The molecule has 3 aromatic rings. The van der Waals surface area contributed by atoms with Gasteiger partial charge in [-0.25, -0.2) is 0 Å². The summed E-state index contributed by atoms with van der Waals surface area (Å²) >= 11 is 5.84. The monoisotopic (exact) mass is 352 g/mol. The maximum atomic E-state index is 12.1. The van der Waals surface area contributed by atoms with Crippen LogP contribution in [0.25, 0.3) is 16.8 Å². The highest BCUT2D eigenvalue weighted by molar-refractivity contribution is 6.31. The van der Waals surface area contributed by atoms with E-state index in [4.69, 9.17) is 11.6 Å². The van der Waals surface area contributed by atoms with Gasteiger partial charge in [-0.05, 0) is 40.6 Å². The molecule has 3 aromatic carbocycles. The first-order valence-corrected chi connectivity index (χ1v) is 7.82. The number of anilines is 1. The Morgan fingerprint density at radius 2 is 1.80 bits per heavy atom. The Balaban J connectivity index is 1.79. The average molecular weight is 353 g/mol. The van der Waals surface area contributed by atoms with Crippen molar-refractivity contribution in [2.45, 2.75) is 0 Å². The number of halogens is 1. The summed E-state index contributed by atoms with van der Waals surface area (Å²) in [7, 11) is 0. The molecule has 3 rings (SSSR count). The van der Waals surface area contributed by atoms with E-state index in [2.05, 4.69) is 5.32 Å². The van der Waals surface area contributed by atoms with Gasteiger partial charge in [-0.15, -0.1) is 0 Å². The van der Waals surface area contributed by atoms with Gasteiger partial charge in [-0.1, -0.05) is 48.0 Å². The molecule has 0 heterocycles. The molecule has 0 fully saturated rings. The summed E-state index contributed by atoms with van der Waals surface area (Å²) < 4.78 is 0. The number of rotatable bonds is 4. The van der Waals surface area contributed by atoms with Crippen molar-refractivity contribution in [3.63, 3.8) is 0 Å². The highest BCUT2D eigenvalue weighted by Gasteiger charge is 2.15. The van der Waals surface area contributed by atoms with Crippen molar-refractivity contribution in [3.8, 4) is 0 Å². The number of nitrogens with zero attached hydrogens (tertiary/aromatic N) is 1. The van der Waals surface area contributed by atoms with Crippen molar-refractivity contribution >= 4 is 45.7 Å². The molecule has 0 unspecified atom stereocenters. The third kappa shape index (κ3) is 4.02. The van der Waals surface area contributed by atoms with Gasteiger partial charge in [0.2, 0.25) is 5.91 Å². The Hall–Kier alpha value is -3.18. The standard InChI is InChI=1S/C19H13ClN2O3/c20-16-8-9-18(22(24)25)17(12-16)21-19(23)10-6-13-5-7-14-3-1-2-4-15(14)11-13/h1-12H,(H,21,23)/b10-6+. The highest BCUT2D eigenvalue weighted by atomic mass is 35.5. The van der Waals surface area contributed by atoms with Crippen molar-refractivity contribution in [3.05, 3.63) is 87.4 Å². The van der Waals surface area contributed by atoms with Crippen molar-refractivity contribution < 1.29 is 9.72 Å². The molecule has 0 atom stereocenters. The molecule has 25 heavy (non-hydrogen) atoms. The molecule has 0 radical (unpaired) electrons. The Kier molecular flexibility index (Phi) is 4.77. The van der Waals surface area contributed by atoms with Crippen molar-refractivity contribution in [1.29, 1.82) is 0 Å². The third-order valence-corrected chi connectivity index (χ3v) is 3.85. The number of nitrogens with one attached hydrogen (secondary N) is 1. The quantitative estimate of drug-likeness (QED) is 0.405. The second-order valence-electron chi connectivity index (χ2n) is 5.35. The van der Waals surface area contributed by atoms with E-state index in [0.29, 0.717) is 5.02 Å². The van der Waals surface area contributed by atoms with Crippen LogP contribution in [0.4, 0.5) is 11.4 Å². The molecule has 1 amide bonds. The van der Waals surface area contributed by atoms with Crippen LogP contribution in [0.5, 0.6) is 0 Å². The molecule has 0 saturated carbocycles. The summed E-state index contributed by atoms with van der Waals surface area (Å²) in [6, 6.07) is 17.7. The molecule has 124 valence electrons. The molecule has 0 aromatic heterocycles. The number of benzene rings is 3. The summed E-state index contributed by atoms with van der Waals surface area (Å²) in [5, 5.41) is 16.0. The number of nitro groups is 1. The molecule has 0 aliphatic carbocycles. The van der Waals surface area contributed by atoms with Crippen molar-refractivity contribution in [2.75, 3.05) is 5.32 Å². The highest BCUT2D eigenvalue weighted by Crippen LogP contribution is 2.27. The second kappa shape index (κ2) is 7.15. The maximum Gasteiger partial charge on any atom is 0.292 e. The lowest BCUT2D eigenvalue weighted by atomic mass is 10.1. The molecule has 6 heteroatoms. The van der Waals surface area contributed by atoms with E-state index in [1.54, 1.807) is 6.08 Å². The van der Waals surface area contributed by atoms with Crippen LogP contribution in [0.2, 0.25) is 5.02 Å². The van der Waals surface area contributed by atoms with Gasteiger partial charge in [-0.2, -0.15) is 0 Å².